The van der Waals surface area contributed by atoms with Gasteiger partial charge in [0, 0.05) is 14.2 Å². The second-order valence-corrected chi connectivity index (χ2v) is 14.3. The van der Waals surface area contributed by atoms with E-state index in [2.05, 4.69) is 24.3 Å². The van der Waals surface area contributed by atoms with Gasteiger partial charge in [0.2, 0.25) is 0 Å². The van der Waals surface area contributed by atoms with Crippen molar-refractivity contribution in [1.82, 2.24) is 0 Å². The van der Waals surface area contributed by atoms with Gasteiger partial charge in [0.15, 0.2) is 0 Å². The smallest absolute Gasteiger partial charge is 0.311 e. The standard InChI is InChI=1S/2C10H14.C9H18O3.C8H16O3/c2*1-2-9-7-4-5-8(6-7)10(9)3-1;1-5-9(2,3)8(10)12-7-6-11-4;1-4-7(2)8(9)11-6-5-10-3/h2*1-2,7-10H,3-6H2;5-7H2,1-4H3;7H,4-6H2,1-3H3. The Morgan fingerprint density at radius 2 is 1.21 bits per heavy atom. The number of rotatable bonds is 10. The Balaban J connectivity index is 0.000000157. The van der Waals surface area contributed by atoms with Crippen molar-refractivity contribution in [3.63, 3.8) is 0 Å². The van der Waals surface area contributed by atoms with Crippen molar-refractivity contribution in [2.75, 3.05) is 40.6 Å². The molecule has 0 spiro atoms. The van der Waals surface area contributed by atoms with Crippen LogP contribution in [0.2, 0.25) is 0 Å². The normalized spacial score (nSPS) is 32.4. The molecule has 6 heteroatoms. The number of carbonyl (C=O) groups excluding carboxylic acids is 2. The highest BCUT2D eigenvalue weighted by atomic mass is 16.6. The Hall–Kier alpha value is -1.66. The van der Waals surface area contributed by atoms with Crippen LogP contribution in [-0.2, 0) is 28.5 Å². The average molecular weight is 603 g/mol. The van der Waals surface area contributed by atoms with E-state index in [4.69, 9.17) is 18.9 Å². The largest absolute Gasteiger partial charge is 0.463 e. The van der Waals surface area contributed by atoms with Gasteiger partial charge in [-0.2, -0.15) is 0 Å². The lowest BCUT2D eigenvalue weighted by atomic mass is 9.82. The zero-order valence-corrected chi connectivity index (χ0v) is 28.4. The second-order valence-electron chi connectivity index (χ2n) is 14.3. The molecular formula is C37H62O6. The number of esters is 2. The number of hydrogen-bond acceptors (Lipinski definition) is 6. The molecule has 6 aliphatic carbocycles. The summed E-state index contributed by atoms with van der Waals surface area (Å²) in [5, 5.41) is 0. The van der Waals surface area contributed by atoms with E-state index in [1.54, 1.807) is 39.9 Å². The Labute approximate surface area is 262 Å². The molecule has 0 N–H and O–H groups in total. The fourth-order valence-corrected chi connectivity index (χ4v) is 8.09. The van der Waals surface area contributed by atoms with Crippen LogP contribution in [0, 0.1) is 58.7 Å². The van der Waals surface area contributed by atoms with Gasteiger partial charge in [-0.15, -0.1) is 0 Å². The van der Waals surface area contributed by atoms with Crippen molar-refractivity contribution in [2.24, 2.45) is 58.7 Å². The number of fused-ring (bicyclic) bond motifs is 10. The fraction of sp³-hybridized carbons (Fsp3) is 0.838. The highest BCUT2D eigenvalue weighted by Gasteiger charge is 2.48. The molecule has 0 aliphatic heterocycles. The minimum atomic E-state index is -0.367. The number of methoxy groups -OCH3 is 2. The van der Waals surface area contributed by atoms with Crippen LogP contribution in [0.4, 0.5) is 0 Å². The molecule has 0 aromatic heterocycles. The van der Waals surface area contributed by atoms with E-state index in [-0.39, 0.29) is 23.3 Å². The minimum absolute atomic E-state index is 0.00635. The van der Waals surface area contributed by atoms with E-state index < -0.39 is 0 Å². The summed E-state index contributed by atoms with van der Waals surface area (Å²) < 4.78 is 19.3. The number of ether oxygens (including phenoxy) is 4. The lowest BCUT2D eigenvalue weighted by Crippen LogP contribution is -2.26. The summed E-state index contributed by atoms with van der Waals surface area (Å²) >= 11 is 0. The van der Waals surface area contributed by atoms with Crippen LogP contribution in [0.15, 0.2) is 24.3 Å². The van der Waals surface area contributed by atoms with Gasteiger partial charge in [0.05, 0.1) is 24.5 Å². The predicted octanol–water partition coefficient (Wildman–Crippen LogP) is 8.05. The summed E-state index contributed by atoms with van der Waals surface area (Å²) in [5.41, 5.74) is -0.367. The highest BCUT2D eigenvalue weighted by Crippen LogP contribution is 2.57. The van der Waals surface area contributed by atoms with Crippen LogP contribution in [0.5, 0.6) is 0 Å². The van der Waals surface area contributed by atoms with Crippen LogP contribution in [0.3, 0.4) is 0 Å². The predicted molar refractivity (Wildman–Crippen MR) is 172 cm³/mol. The molecule has 6 rings (SSSR count). The number of carbonyl (C=O) groups is 2. The Morgan fingerprint density at radius 1 is 0.744 bits per heavy atom. The minimum Gasteiger partial charge on any atom is -0.463 e. The third kappa shape index (κ3) is 9.91. The first-order valence-corrected chi connectivity index (χ1v) is 17.3. The third-order valence-corrected chi connectivity index (χ3v) is 11.4. The zero-order valence-electron chi connectivity index (χ0n) is 28.4. The molecule has 246 valence electrons. The Kier molecular flexibility index (Phi) is 14.8. The van der Waals surface area contributed by atoms with Gasteiger partial charge in [-0.05, 0) is 125 Å². The molecule has 0 aromatic rings. The topological polar surface area (TPSA) is 71.1 Å². The molecule has 0 radical (unpaired) electrons. The molecule has 4 fully saturated rings. The molecule has 4 saturated carbocycles. The molecule has 43 heavy (non-hydrogen) atoms. The SMILES string of the molecule is C1=CC2C3CCC(C3)C2C1.C1=CC2C3CCC(C3)C2C1.CCC(C)(C)C(=O)OCCOC.CCC(C)C(=O)OCCOC. The van der Waals surface area contributed by atoms with Crippen LogP contribution in [0.1, 0.15) is 98.8 Å². The maximum atomic E-state index is 11.3. The van der Waals surface area contributed by atoms with Gasteiger partial charge < -0.3 is 18.9 Å². The lowest BCUT2D eigenvalue weighted by molar-refractivity contribution is -0.155. The second kappa shape index (κ2) is 17.7. The van der Waals surface area contributed by atoms with E-state index >= 15 is 0 Å². The van der Waals surface area contributed by atoms with Gasteiger partial charge in [0.1, 0.15) is 13.2 Å². The van der Waals surface area contributed by atoms with Crippen molar-refractivity contribution in [3.05, 3.63) is 24.3 Å². The number of allylic oxidation sites excluding steroid dienone is 4. The molecule has 0 heterocycles. The van der Waals surface area contributed by atoms with Crippen LogP contribution in [-0.4, -0.2) is 52.6 Å². The summed E-state index contributed by atoms with van der Waals surface area (Å²) in [6.45, 7) is 11.2. The third-order valence-electron chi connectivity index (χ3n) is 11.4. The van der Waals surface area contributed by atoms with Crippen molar-refractivity contribution in [2.45, 2.75) is 98.8 Å². The molecule has 9 atom stereocenters. The summed E-state index contributed by atoms with van der Waals surface area (Å²) in [5.74, 6) is 8.44. The summed E-state index contributed by atoms with van der Waals surface area (Å²) in [7, 11) is 3.16. The van der Waals surface area contributed by atoms with E-state index in [9.17, 15) is 9.59 Å². The van der Waals surface area contributed by atoms with Gasteiger partial charge in [-0.3, -0.25) is 9.59 Å². The van der Waals surface area contributed by atoms with Crippen LogP contribution in [0.25, 0.3) is 0 Å². The first-order valence-electron chi connectivity index (χ1n) is 17.3. The molecule has 0 amide bonds. The van der Waals surface area contributed by atoms with Crippen molar-refractivity contribution in [3.8, 4) is 0 Å². The van der Waals surface area contributed by atoms with E-state index in [1.165, 1.54) is 25.7 Å². The Morgan fingerprint density at radius 3 is 1.63 bits per heavy atom. The van der Waals surface area contributed by atoms with Crippen LogP contribution >= 0.6 is 0 Å². The highest BCUT2D eigenvalue weighted by molar-refractivity contribution is 5.75. The lowest BCUT2D eigenvalue weighted by Gasteiger charge is -2.23. The average Bonchev–Trinajstić information content (AvgIpc) is 3.85. The molecule has 6 aliphatic rings. The first kappa shape index (κ1) is 35.8. The van der Waals surface area contributed by atoms with E-state index in [0.717, 1.165) is 60.2 Å². The van der Waals surface area contributed by atoms with Gasteiger partial charge in [-0.25, -0.2) is 0 Å². The van der Waals surface area contributed by atoms with Crippen LogP contribution < -0.4 is 0 Å². The van der Waals surface area contributed by atoms with Crippen molar-refractivity contribution >= 4 is 11.9 Å². The van der Waals surface area contributed by atoms with Gasteiger partial charge in [0.25, 0.3) is 0 Å². The number of hydrogen-bond donors (Lipinski definition) is 0. The van der Waals surface area contributed by atoms with Crippen molar-refractivity contribution < 1.29 is 28.5 Å². The zero-order chi connectivity index (χ0) is 31.4. The van der Waals surface area contributed by atoms with Gasteiger partial charge >= 0.3 is 11.9 Å². The summed E-state index contributed by atoms with van der Waals surface area (Å²) in [4.78, 5) is 22.3. The van der Waals surface area contributed by atoms with Gasteiger partial charge in [-0.1, -0.05) is 45.1 Å². The molecule has 6 nitrogen and oxygen atoms in total. The molecular weight excluding hydrogens is 540 g/mol. The van der Waals surface area contributed by atoms with E-state index in [1.807, 2.05) is 34.6 Å². The first-order chi connectivity index (χ1) is 20.7. The fourth-order valence-electron chi connectivity index (χ4n) is 8.09. The Bertz CT molecular complexity index is 867. The summed E-state index contributed by atoms with van der Waals surface area (Å²) in [6.07, 6.45) is 23.6. The maximum absolute atomic E-state index is 11.3. The quantitative estimate of drug-likeness (QED) is 0.143. The molecule has 4 bridgehead atoms. The monoisotopic (exact) mass is 602 g/mol. The molecule has 9 unspecified atom stereocenters. The van der Waals surface area contributed by atoms with E-state index in [0.29, 0.717) is 26.4 Å². The summed E-state index contributed by atoms with van der Waals surface area (Å²) in [6, 6.07) is 0. The molecule has 0 saturated heterocycles. The van der Waals surface area contributed by atoms with Crippen molar-refractivity contribution in [1.29, 1.82) is 0 Å². The molecule has 0 aromatic carbocycles. The maximum Gasteiger partial charge on any atom is 0.311 e.